The Bertz CT molecular complexity index is 1390. The van der Waals surface area contributed by atoms with Gasteiger partial charge in [-0.1, -0.05) is 59.8 Å². The Kier molecular flexibility index (Phi) is 11.7. The van der Waals surface area contributed by atoms with E-state index >= 15 is 0 Å². The van der Waals surface area contributed by atoms with Crippen molar-refractivity contribution in [2.75, 3.05) is 6.54 Å². The minimum Gasteiger partial charge on any atom is -0.347 e. The van der Waals surface area contributed by atoms with E-state index in [0.717, 1.165) is 64.2 Å². The van der Waals surface area contributed by atoms with Crippen LogP contribution < -0.4 is 21.3 Å². The fraction of sp³-hybridized carbons (Fsp3) is 0.722. The fourth-order valence-corrected chi connectivity index (χ4v) is 7.87. The van der Waals surface area contributed by atoms with Crippen molar-refractivity contribution >= 4 is 35.3 Å². The molecule has 2 heterocycles. The second-order valence-corrected chi connectivity index (χ2v) is 15.5. The van der Waals surface area contributed by atoms with E-state index in [9.17, 15) is 28.8 Å². The zero-order chi connectivity index (χ0) is 35.3. The van der Waals surface area contributed by atoms with Gasteiger partial charge in [-0.2, -0.15) is 0 Å². The molecule has 1 aromatic heterocycles. The van der Waals surface area contributed by atoms with Crippen molar-refractivity contribution in [3.05, 3.63) is 24.3 Å². The van der Waals surface area contributed by atoms with Crippen molar-refractivity contribution in [1.29, 1.82) is 0 Å². The number of hydrogen-bond acceptors (Lipinski definition) is 8. The van der Waals surface area contributed by atoms with Gasteiger partial charge in [-0.05, 0) is 68.1 Å². The zero-order valence-electron chi connectivity index (χ0n) is 29.3. The molecule has 13 nitrogen and oxygen atoms in total. The van der Waals surface area contributed by atoms with Crippen LogP contribution in [0.4, 0.5) is 0 Å². The number of hydrogen-bond donors (Lipinski definition) is 4. The first kappa shape index (κ1) is 36.4. The van der Waals surface area contributed by atoms with Crippen LogP contribution in [0.1, 0.15) is 115 Å². The van der Waals surface area contributed by atoms with Gasteiger partial charge in [0, 0.05) is 25.0 Å². The van der Waals surface area contributed by atoms with Crippen LogP contribution in [0, 0.1) is 23.2 Å². The second kappa shape index (κ2) is 15.8. The summed E-state index contributed by atoms with van der Waals surface area (Å²) in [7, 11) is 0. The molecule has 0 radical (unpaired) electrons. The number of rotatable bonds is 13. The van der Waals surface area contributed by atoms with Crippen LogP contribution in [-0.4, -0.2) is 86.9 Å². The highest BCUT2D eigenvalue weighted by atomic mass is 16.2. The molecule has 4 aliphatic rings. The maximum Gasteiger partial charge on any atom is 0.289 e. The van der Waals surface area contributed by atoms with Crippen molar-refractivity contribution < 1.29 is 28.8 Å². The van der Waals surface area contributed by atoms with E-state index in [1.54, 1.807) is 4.90 Å². The fourth-order valence-electron chi connectivity index (χ4n) is 7.87. The van der Waals surface area contributed by atoms with E-state index in [1.165, 1.54) is 18.6 Å². The third-order valence-corrected chi connectivity index (χ3v) is 10.7. The summed E-state index contributed by atoms with van der Waals surface area (Å²) in [6.45, 7) is 7.85. The molecule has 0 spiro atoms. The van der Waals surface area contributed by atoms with Gasteiger partial charge in [-0.25, -0.2) is 4.98 Å². The first-order chi connectivity index (χ1) is 23.4. The number of nitrogens with one attached hydrogen (secondary N) is 4. The Morgan fingerprint density at radius 3 is 2.27 bits per heavy atom. The number of ketones is 1. The van der Waals surface area contributed by atoms with E-state index in [2.05, 4.69) is 31.2 Å². The summed E-state index contributed by atoms with van der Waals surface area (Å²) in [6.07, 6.45) is 13.9. The highest BCUT2D eigenvalue weighted by molar-refractivity contribution is 6.38. The van der Waals surface area contributed by atoms with Crippen LogP contribution in [0.2, 0.25) is 0 Å². The average Bonchev–Trinajstić information content (AvgIpc) is 3.65. The summed E-state index contributed by atoms with van der Waals surface area (Å²) in [5.41, 5.74) is -0.638. The van der Waals surface area contributed by atoms with Crippen molar-refractivity contribution in [2.24, 2.45) is 23.2 Å². The van der Waals surface area contributed by atoms with Gasteiger partial charge in [0.1, 0.15) is 23.8 Å². The number of carbonyl (C=O) groups excluding carboxylic acids is 6. The Morgan fingerprint density at radius 2 is 1.63 bits per heavy atom. The predicted molar refractivity (Wildman–Crippen MR) is 181 cm³/mol. The van der Waals surface area contributed by atoms with Crippen molar-refractivity contribution in [3.8, 4) is 0 Å². The molecule has 13 heteroatoms. The van der Waals surface area contributed by atoms with Gasteiger partial charge in [0.2, 0.25) is 23.5 Å². The highest BCUT2D eigenvalue weighted by Crippen LogP contribution is 2.43. The van der Waals surface area contributed by atoms with E-state index in [4.69, 9.17) is 0 Å². The molecule has 3 saturated carbocycles. The molecule has 49 heavy (non-hydrogen) atoms. The van der Waals surface area contributed by atoms with Crippen molar-refractivity contribution in [2.45, 2.75) is 135 Å². The first-order valence-corrected chi connectivity index (χ1v) is 18.2. The van der Waals surface area contributed by atoms with Crippen LogP contribution in [0.15, 0.2) is 18.6 Å². The molecule has 4 fully saturated rings. The molecule has 3 aliphatic carbocycles. The SMILES string of the molecule is CCC[C@H](NC(=O)C1C2CCC[C@H]2CN1C(=O)[C@H](NC(=O)[C@H](NC(=O)c1cnccn1)C1CCCCC1)C(C)(C)C)C(=O)C(=O)NC1CC1. The smallest absolute Gasteiger partial charge is 0.289 e. The molecular weight excluding hydrogens is 626 g/mol. The molecule has 1 aliphatic heterocycles. The third kappa shape index (κ3) is 8.83. The zero-order valence-corrected chi connectivity index (χ0v) is 29.3. The van der Waals surface area contributed by atoms with Crippen LogP contribution in [-0.2, 0) is 24.0 Å². The van der Waals surface area contributed by atoms with Gasteiger partial charge in [0.25, 0.3) is 11.8 Å². The van der Waals surface area contributed by atoms with Crippen molar-refractivity contribution in [3.63, 3.8) is 0 Å². The van der Waals surface area contributed by atoms with Gasteiger partial charge in [-0.3, -0.25) is 33.8 Å². The molecule has 0 bridgehead atoms. The molecule has 2 unspecified atom stereocenters. The molecule has 5 amide bonds. The van der Waals surface area contributed by atoms with Gasteiger partial charge in [0.15, 0.2) is 0 Å². The lowest BCUT2D eigenvalue weighted by Crippen LogP contribution is -2.62. The molecule has 5 rings (SSSR count). The maximum atomic E-state index is 14.6. The summed E-state index contributed by atoms with van der Waals surface area (Å²) in [6, 6.07) is -3.68. The molecule has 1 aromatic rings. The topological polar surface area (TPSA) is 180 Å². The highest BCUT2D eigenvalue weighted by Gasteiger charge is 2.52. The monoisotopic (exact) mass is 679 g/mol. The summed E-state index contributed by atoms with van der Waals surface area (Å²) in [5.74, 6) is -3.20. The lowest BCUT2D eigenvalue weighted by molar-refractivity contribution is -0.146. The number of aromatic nitrogens is 2. The van der Waals surface area contributed by atoms with Crippen LogP contribution >= 0.6 is 0 Å². The standard InChI is InChI=1S/C36H53N7O6/c1-5-10-25(29(44)34(48)39-23-15-16-23)40-33(47)28-24-14-9-13-22(24)20-43(28)35(49)30(36(2,3)4)42-32(46)27(21-11-7-6-8-12-21)41-31(45)26-19-37-17-18-38-26/h17-19,21-25,27-28,30H,5-16,20H2,1-4H3,(H,39,48)(H,40,47)(H,41,45)(H,42,46)/t22-,24?,25-,27+,28?,30-/m0/s1. The number of fused-ring (bicyclic) bond motifs is 1. The van der Waals surface area contributed by atoms with Gasteiger partial charge < -0.3 is 26.2 Å². The van der Waals surface area contributed by atoms with E-state index in [1.807, 2.05) is 27.7 Å². The lowest BCUT2D eigenvalue weighted by atomic mass is 9.82. The molecule has 6 atom stereocenters. The number of nitrogens with zero attached hydrogens (tertiary/aromatic N) is 3. The molecule has 0 aromatic carbocycles. The summed E-state index contributed by atoms with van der Waals surface area (Å²) in [5, 5.41) is 11.5. The van der Waals surface area contributed by atoms with Gasteiger partial charge in [-0.15, -0.1) is 0 Å². The largest absolute Gasteiger partial charge is 0.347 e. The number of Topliss-reactive ketones (excluding diaryl/α,β-unsaturated/α-hetero) is 1. The summed E-state index contributed by atoms with van der Waals surface area (Å²) >= 11 is 0. The molecular formula is C36H53N7O6. The Morgan fingerprint density at radius 1 is 0.898 bits per heavy atom. The minimum atomic E-state index is -0.994. The van der Waals surface area contributed by atoms with Crippen LogP contribution in [0.25, 0.3) is 0 Å². The van der Waals surface area contributed by atoms with Crippen LogP contribution in [0.5, 0.6) is 0 Å². The number of amides is 5. The number of carbonyl (C=O) groups is 6. The molecule has 268 valence electrons. The van der Waals surface area contributed by atoms with Crippen LogP contribution in [0.3, 0.4) is 0 Å². The lowest BCUT2D eigenvalue weighted by Gasteiger charge is -2.38. The Hall–Kier alpha value is -3.90. The van der Waals surface area contributed by atoms with Gasteiger partial charge >= 0.3 is 0 Å². The first-order valence-electron chi connectivity index (χ1n) is 18.2. The molecule has 1 saturated heterocycles. The van der Waals surface area contributed by atoms with E-state index in [-0.39, 0.29) is 35.4 Å². The summed E-state index contributed by atoms with van der Waals surface area (Å²) < 4.78 is 0. The maximum absolute atomic E-state index is 14.6. The minimum absolute atomic E-state index is 0.0132. The number of likely N-dealkylation sites (tertiary alicyclic amines) is 1. The molecule has 4 N–H and O–H groups in total. The average molecular weight is 680 g/mol. The van der Waals surface area contributed by atoms with Gasteiger partial charge in [0.05, 0.1) is 12.2 Å². The predicted octanol–water partition coefficient (Wildman–Crippen LogP) is 2.45. The van der Waals surface area contributed by atoms with E-state index in [0.29, 0.717) is 19.4 Å². The van der Waals surface area contributed by atoms with Crippen molar-refractivity contribution in [1.82, 2.24) is 36.1 Å². The summed E-state index contributed by atoms with van der Waals surface area (Å²) in [4.78, 5) is 91.4. The normalized spacial score (nSPS) is 24.2. The second-order valence-electron chi connectivity index (χ2n) is 15.5. The third-order valence-electron chi connectivity index (χ3n) is 10.7. The van der Waals surface area contributed by atoms with E-state index < -0.39 is 59.0 Å². The quantitative estimate of drug-likeness (QED) is 0.230. The Labute approximate surface area is 288 Å². The Balaban J connectivity index is 1.36.